The van der Waals surface area contributed by atoms with Gasteiger partial charge in [0.25, 0.3) is 5.78 Å². The van der Waals surface area contributed by atoms with E-state index in [0.29, 0.717) is 24.7 Å². The summed E-state index contributed by atoms with van der Waals surface area (Å²) in [6.45, 7) is 0.570. The highest BCUT2D eigenvalue weighted by atomic mass is 35.5. The minimum absolute atomic E-state index is 0.0167. The van der Waals surface area contributed by atoms with Crippen LogP contribution in [0.25, 0.3) is 11.3 Å². The Kier molecular flexibility index (Phi) is 5.90. The van der Waals surface area contributed by atoms with Crippen LogP contribution in [0.2, 0.25) is 5.02 Å². The Morgan fingerprint density at radius 2 is 1.96 bits per heavy atom. The number of rotatable bonds is 6. The van der Waals surface area contributed by atoms with E-state index in [1.165, 1.54) is 4.68 Å². The van der Waals surface area contributed by atoms with Gasteiger partial charge in [-0.1, -0.05) is 24.6 Å². The summed E-state index contributed by atoms with van der Waals surface area (Å²) in [7, 11) is 0. The minimum atomic E-state index is -5.14. The maximum absolute atomic E-state index is 12.8. The van der Waals surface area contributed by atoms with E-state index < -0.39 is 29.9 Å². The number of ketones is 1. The van der Waals surface area contributed by atoms with E-state index in [2.05, 4.69) is 9.84 Å². The van der Waals surface area contributed by atoms with Crippen LogP contribution in [0.4, 0.5) is 22.0 Å². The first-order valence-electron chi connectivity index (χ1n) is 7.56. The fourth-order valence-corrected chi connectivity index (χ4v) is 2.79. The molecule has 0 bridgehead atoms. The maximum Gasteiger partial charge on any atom is 0.454 e. The average molecular weight is 397 g/mol. The van der Waals surface area contributed by atoms with Gasteiger partial charge in [0.2, 0.25) is 0 Å². The smallest absolute Gasteiger partial charge is 0.434 e. The SMILES string of the molecule is CCc1nn(CC)c(-c2ccc(C(=O)C(F)(F)F)cc2OC(F)F)c1Cl. The highest BCUT2D eigenvalue weighted by molar-refractivity contribution is 6.33. The number of benzene rings is 1. The van der Waals surface area contributed by atoms with Gasteiger partial charge in [0.1, 0.15) is 5.75 Å². The quantitative estimate of drug-likeness (QED) is 0.502. The maximum atomic E-state index is 12.8. The molecule has 26 heavy (non-hydrogen) atoms. The first-order valence-corrected chi connectivity index (χ1v) is 7.93. The molecule has 0 N–H and O–H groups in total. The molecule has 2 rings (SSSR count). The van der Waals surface area contributed by atoms with Crippen molar-refractivity contribution in [3.8, 4) is 17.0 Å². The molecule has 0 aliphatic rings. The molecule has 0 atom stereocenters. The molecule has 1 heterocycles. The molecule has 1 aromatic carbocycles. The van der Waals surface area contributed by atoms with E-state index in [-0.39, 0.29) is 16.3 Å². The third kappa shape index (κ3) is 3.98. The number of ether oxygens (including phenoxy) is 1. The predicted octanol–water partition coefficient (Wildman–Crippen LogP) is 5.13. The molecule has 1 aromatic heterocycles. The lowest BCUT2D eigenvalue weighted by atomic mass is 10.0. The topological polar surface area (TPSA) is 44.1 Å². The molecule has 0 radical (unpaired) electrons. The molecule has 10 heteroatoms. The van der Waals surface area contributed by atoms with Crippen LogP contribution in [-0.2, 0) is 13.0 Å². The van der Waals surface area contributed by atoms with E-state index in [1.54, 1.807) is 13.8 Å². The van der Waals surface area contributed by atoms with Gasteiger partial charge in [-0.05, 0) is 25.5 Å². The summed E-state index contributed by atoms with van der Waals surface area (Å²) in [6.07, 6.45) is -4.67. The molecule has 0 unspecified atom stereocenters. The second kappa shape index (κ2) is 7.61. The number of aromatic nitrogens is 2. The van der Waals surface area contributed by atoms with Gasteiger partial charge in [0, 0.05) is 17.7 Å². The Hall–Kier alpha value is -2.16. The monoisotopic (exact) mass is 396 g/mol. The van der Waals surface area contributed by atoms with E-state index in [0.717, 1.165) is 12.1 Å². The Morgan fingerprint density at radius 3 is 2.46 bits per heavy atom. The zero-order chi connectivity index (χ0) is 19.6. The number of alkyl halides is 5. The first kappa shape index (κ1) is 20.2. The summed E-state index contributed by atoms with van der Waals surface area (Å²) in [5.41, 5.74) is -0.0657. The molecule has 0 amide bonds. The molecule has 0 spiro atoms. The molecule has 142 valence electrons. The molecule has 0 fully saturated rings. The van der Waals surface area contributed by atoms with Crippen molar-refractivity contribution in [2.24, 2.45) is 0 Å². The van der Waals surface area contributed by atoms with Gasteiger partial charge >= 0.3 is 12.8 Å². The van der Waals surface area contributed by atoms with Crippen LogP contribution in [0.3, 0.4) is 0 Å². The van der Waals surface area contributed by atoms with Gasteiger partial charge in [-0.3, -0.25) is 9.48 Å². The molecule has 0 aliphatic heterocycles. The summed E-state index contributed by atoms with van der Waals surface area (Å²) in [4.78, 5) is 11.4. The average Bonchev–Trinajstić information content (AvgIpc) is 2.88. The number of hydrogen-bond donors (Lipinski definition) is 0. The van der Waals surface area contributed by atoms with Crippen molar-refractivity contribution in [2.75, 3.05) is 0 Å². The van der Waals surface area contributed by atoms with Crippen molar-refractivity contribution < 1.29 is 31.5 Å². The highest BCUT2D eigenvalue weighted by Gasteiger charge is 2.39. The summed E-state index contributed by atoms with van der Waals surface area (Å²) in [5, 5.41) is 4.42. The molecule has 4 nitrogen and oxygen atoms in total. The van der Waals surface area contributed by atoms with Crippen molar-refractivity contribution in [1.82, 2.24) is 9.78 Å². The first-order chi connectivity index (χ1) is 12.1. The van der Waals surface area contributed by atoms with Gasteiger partial charge in [0.05, 0.1) is 16.4 Å². The largest absolute Gasteiger partial charge is 0.454 e. The second-order valence-electron chi connectivity index (χ2n) is 5.19. The summed E-state index contributed by atoms with van der Waals surface area (Å²) >= 11 is 6.25. The minimum Gasteiger partial charge on any atom is -0.434 e. The predicted molar refractivity (Wildman–Crippen MR) is 84.7 cm³/mol. The molecule has 2 aromatic rings. The van der Waals surface area contributed by atoms with Crippen molar-refractivity contribution in [1.29, 1.82) is 0 Å². The van der Waals surface area contributed by atoms with E-state index in [4.69, 9.17) is 11.6 Å². The van der Waals surface area contributed by atoms with Gasteiger partial charge in [-0.15, -0.1) is 0 Å². The lowest BCUT2D eigenvalue weighted by molar-refractivity contribution is -0.0885. The number of nitrogens with zero attached hydrogens (tertiary/aromatic N) is 2. The van der Waals surface area contributed by atoms with Crippen molar-refractivity contribution in [2.45, 2.75) is 39.6 Å². The fraction of sp³-hybridized carbons (Fsp3) is 0.375. The normalized spacial score (nSPS) is 11.9. The number of hydrogen-bond acceptors (Lipinski definition) is 3. The van der Waals surface area contributed by atoms with Gasteiger partial charge in [-0.2, -0.15) is 27.1 Å². The highest BCUT2D eigenvalue weighted by Crippen LogP contribution is 2.39. The molecule has 0 aliphatic carbocycles. The second-order valence-corrected chi connectivity index (χ2v) is 5.57. The Bertz CT molecular complexity index is 818. The van der Waals surface area contributed by atoms with Crippen molar-refractivity contribution in [3.05, 3.63) is 34.5 Å². The van der Waals surface area contributed by atoms with Crippen LogP contribution in [0.5, 0.6) is 5.75 Å². The standard InChI is InChI=1S/C16H14ClF5N2O2/c1-3-10-12(17)13(24(4-2)23-10)9-6-5-8(14(25)16(20,21)22)7-11(9)26-15(18)19/h5-7,15H,3-4H2,1-2H3. The summed E-state index contributed by atoms with van der Waals surface area (Å²) < 4.78 is 69.1. The van der Waals surface area contributed by atoms with Gasteiger partial charge in [-0.25, -0.2) is 0 Å². The molecule has 0 saturated carbocycles. The summed E-state index contributed by atoms with van der Waals surface area (Å²) in [6, 6.07) is 2.61. The van der Waals surface area contributed by atoms with E-state index in [1.807, 2.05) is 0 Å². The lowest BCUT2D eigenvalue weighted by Crippen LogP contribution is -2.22. The molecular weight excluding hydrogens is 383 g/mol. The van der Waals surface area contributed by atoms with Crippen LogP contribution < -0.4 is 4.74 Å². The molecular formula is C16H14ClF5N2O2. The number of carbonyl (C=O) groups is 1. The van der Waals surface area contributed by atoms with Crippen LogP contribution in [0.1, 0.15) is 29.9 Å². The summed E-state index contributed by atoms with van der Waals surface area (Å²) in [5.74, 6) is -2.75. The van der Waals surface area contributed by atoms with Crippen LogP contribution in [0, 0.1) is 0 Å². The number of Topliss-reactive ketones (excluding diaryl/α,β-unsaturated/α-hetero) is 1. The van der Waals surface area contributed by atoms with Crippen LogP contribution in [0.15, 0.2) is 18.2 Å². The van der Waals surface area contributed by atoms with Gasteiger partial charge in [0.15, 0.2) is 0 Å². The lowest BCUT2D eigenvalue weighted by Gasteiger charge is -2.14. The Morgan fingerprint density at radius 1 is 1.31 bits per heavy atom. The van der Waals surface area contributed by atoms with E-state index in [9.17, 15) is 26.7 Å². The van der Waals surface area contributed by atoms with Crippen molar-refractivity contribution >= 4 is 17.4 Å². The van der Waals surface area contributed by atoms with Crippen molar-refractivity contribution in [3.63, 3.8) is 0 Å². The zero-order valence-electron chi connectivity index (χ0n) is 13.7. The van der Waals surface area contributed by atoms with Crippen LogP contribution in [-0.4, -0.2) is 28.4 Å². The van der Waals surface area contributed by atoms with Gasteiger partial charge < -0.3 is 4.74 Å². The third-order valence-electron chi connectivity index (χ3n) is 3.57. The van der Waals surface area contributed by atoms with E-state index >= 15 is 0 Å². The number of carbonyl (C=O) groups excluding carboxylic acids is 1. The third-order valence-corrected chi connectivity index (χ3v) is 3.96. The number of aryl methyl sites for hydroxylation is 2. The Balaban J connectivity index is 2.66. The zero-order valence-corrected chi connectivity index (χ0v) is 14.5. The molecule has 0 saturated heterocycles. The number of halogens is 6. The van der Waals surface area contributed by atoms with Crippen LogP contribution >= 0.6 is 11.6 Å². The Labute approximate surface area is 150 Å². The fourth-order valence-electron chi connectivity index (χ4n) is 2.42.